The molecule has 0 unspecified atom stereocenters. The first-order valence-corrected chi connectivity index (χ1v) is 14.1. The van der Waals surface area contributed by atoms with Gasteiger partial charge in [-0.15, -0.1) is 0 Å². The molecule has 1 atom stereocenters. The number of nitrogens with one attached hydrogen (secondary N) is 1. The van der Waals surface area contributed by atoms with E-state index in [1.807, 2.05) is 38.1 Å². The summed E-state index contributed by atoms with van der Waals surface area (Å²) in [6.07, 6.45) is 2.06. The van der Waals surface area contributed by atoms with Gasteiger partial charge < -0.3 is 10.2 Å². The fourth-order valence-electron chi connectivity index (χ4n) is 3.59. The minimum absolute atomic E-state index is 0.0237. The molecule has 0 aliphatic carbocycles. The van der Waals surface area contributed by atoms with Crippen LogP contribution in [0.15, 0.2) is 36.4 Å². The van der Waals surface area contributed by atoms with Gasteiger partial charge in [-0.2, -0.15) is 0 Å². The summed E-state index contributed by atoms with van der Waals surface area (Å²) in [5, 5.41) is 3.10. The van der Waals surface area contributed by atoms with Crippen molar-refractivity contribution in [3.05, 3.63) is 62.6 Å². The first kappa shape index (κ1) is 29.2. The molecule has 0 saturated carbocycles. The first-order chi connectivity index (χ1) is 16.4. The maximum atomic E-state index is 13.6. The molecule has 0 bridgehead atoms. The fourth-order valence-corrected chi connectivity index (χ4v) is 5.14. The van der Waals surface area contributed by atoms with E-state index in [1.54, 1.807) is 6.92 Å². The SMILES string of the molecule is CCCNC(=O)[C@@H](CC)N(Cc1cccc(C)c1)C(=O)CN(c1cc(Cl)c(Cl)cc1Cl)S(C)(=O)=O. The van der Waals surface area contributed by atoms with Gasteiger partial charge in [0.15, 0.2) is 0 Å². The molecule has 2 rings (SSSR count). The van der Waals surface area contributed by atoms with Crippen LogP contribution in [-0.4, -0.2) is 50.5 Å². The van der Waals surface area contributed by atoms with Crippen LogP contribution >= 0.6 is 34.8 Å². The highest BCUT2D eigenvalue weighted by molar-refractivity contribution is 7.92. The van der Waals surface area contributed by atoms with E-state index in [-0.39, 0.29) is 33.2 Å². The lowest BCUT2D eigenvalue weighted by Crippen LogP contribution is -2.52. The number of anilines is 1. The first-order valence-electron chi connectivity index (χ1n) is 11.1. The van der Waals surface area contributed by atoms with Crippen LogP contribution in [0, 0.1) is 6.92 Å². The van der Waals surface area contributed by atoms with Crippen molar-refractivity contribution in [1.29, 1.82) is 0 Å². The van der Waals surface area contributed by atoms with Crippen LogP contribution in [0.2, 0.25) is 15.1 Å². The summed E-state index contributed by atoms with van der Waals surface area (Å²) in [5.74, 6) is -0.855. The Kier molecular flexibility index (Phi) is 10.7. The molecule has 0 spiro atoms. The molecule has 2 aromatic carbocycles. The Balaban J connectivity index is 2.49. The predicted octanol–water partition coefficient (Wildman–Crippen LogP) is 5.05. The number of nitrogens with zero attached hydrogens (tertiary/aromatic N) is 2. The fraction of sp³-hybridized carbons (Fsp3) is 0.417. The average Bonchev–Trinajstić information content (AvgIpc) is 2.77. The highest BCUT2D eigenvalue weighted by Gasteiger charge is 2.32. The predicted molar refractivity (Wildman–Crippen MR) is 143 cm³/mol. The number of aryl methyl sites for hydroxylation is 1. The van der Waals surface area contributed by atoms with Gasteiger partial charge in [0, 0.05) is 13.1 Å². The molecule has 0 fully saturated rings. The number of amides is 2. The van der Waals surface area contributed by atoms with Crippen molar-refractivity contribution >= 4 is 62.3 Å². The summed E-state index contributed by atoms with van der Waals surface area (Å²) >= 11 is 18.4. The van der Waals surface area contributed by atoms with Crippen LogP contribution < -0.4 is 9.62 Å². The molecule has 0 aromatic heterocycles. The molecule has 0 aliphatic rings. The van der Waals surface area contributed by atoms with E-state index in [9.17, 15) is 18.0 Å². The number of carbonyl (C=O) groups is 2. The van der Waals surface area contributed by atoms with Gasteiger partial charge in [0.25, 0.3) is 0 Å². The molecule has 2 aromatic rings. The van der Waals surface area contributed by atoms with Crippen LogP contribution in [0.25, 0.3) is 0 Å². The van der Waals surface area contributed by atoms with Crippen molar-refractivity contribution in [3.63, 3.8) is 0 Å². The Labute approximate surface area is 222 Å². The third-order valence-electron chi connectivity index (χ3n) is 5.31. The summed E-state index contributed by atoms with van der Waals surface area (Å²) in [4.78, 5) is 28.0. The number of benzene rings is 2. The Hall–Kier alpha value is -2.00. The summed E-state index contributed by atoms with van der Waals surface area (Å²) in [7, 11) is -3.95. The second-order valence-electron chi connectivity index (χ2n) is 8.21. The summed E-state index contributed by atoms with van der Waals surface area (Å²) < 4.78 is 26.3. The molecular formula is C24H30Cl3N3O4S. The molecule has 35 heavy (non-hydrogen) atoms. The van der Waals surface area contributed by atoms with Gasteiger partial charge in [-0.05, 0) is 37.5 Å². The second kappa shape index (κ2) is 12.8. The standard InChI is InChI=1S/C24H30Cl3N3O4S/c1-5-10-28-24(32)21(6-2)29(14-17-9-7-8-16(3)11-17)23(31)15-30(35(4,33)34)22-13-19(26)18(25)12-20(22)27/h7-9,11-13,21H,5-6,10,14-15H2,1-4H3,(H,28,32)/t21-/m1/s1. The van der Waals surface area contributed by atoms with Crippen LogP contribution in [0.3, 0.4) is 0 Å². The summed E-state index contributed by atoms with van der Waals surface area (Å²) in [5.41, 5.74) is 1.84. The van der Waals surface area contributed by atoms with E-state index in [0.29, 0.717) is 13.0 Å². The van der Waals surface area contributed by atoms with Crippen molar-refractivity contribution < 1.29 is 18.0 Å². The van der Waals surface area contributed by atoms with Crippen LogP contribution in [0.5, 0.6) is 0 Å². The second-order valence-corrected chi connectivity index (χ2v) is 11.3. The van der Waals surface area contributed by atoms with Crippen molar-refractivity contribution in [2.75, 3.05) is 23.7 Å². The van der Waals surface area contributed by atoms with Crippen molar-refractivity contribution in [2.45, 2.75) is 46.2 Å². The Morgan fingerprint density at radius 1 is 1.03 bits per heavy atom. The van der Waals surface area contributed by atoms with Gasteiger partial charge in [-0.25, -0.2) is 8.42 Å². The third-order valence-corrected chi connectivity index (χ3v) is 7.46. The Morgan fingerprint density at radius 3 is 2.26 bits per heavy atom. The number of hydrogen-bond acceptors (Lipinski definition) is 4. The van der Waals surface area contributed by atoms with Crippen molar-refractivity contribution in [3.8, 4) is 0 Å². The number of carbonyl (C=O) groups excluding carboxylic acids is 2. The lowest BCUT2D eigenvalue weighted by atomic mass is 10.1. The van der Waals surface area contributed by atoms with E-state index in [4.69, 9.17) is 34.8 Å². The minimum Gasteiger partial charge on any atom is -0.354 e. The van der Waals surface area contributed by atoms with Gasteiger partial charge in [0.1, 0.15) is 12.6 Å². The van der Waals surface area contributed by atoms with Gasteiger partial charge in [0.05, 0.1) is 27.0 Å². The van der Waals surface area contributed by atoms with Crippen LogP contribution in [-0.2, 0) is 26.2 Å². The number of hydrogen-bond donors (Lipinski definition) is 1. The number of rotatable bonds is 11. The molecule has 2 amide bonds. The van der Waals surface area contributed by atoms with Crippen LogP contribution in [0.4, 0.5) is 5.69 Å². The van der Waals surface area contributed by atoms with E-state index in [0.717, 1.165) is 28.1 Å². The molecule has 192 valence electrons. The van der Waals surface area contributed by atoms with Gasteiger partial charge in [0.2, 0.25) is 21.8 Å². The highest BCUT2D eigenvalue weighted by atomic mass is 35.5. The molecule has 0 heterocycles. The van der Waals surface area contributed by atoms with E-state index in [2.05, 4.69) is 5.32 Å². The Morgan fingerprint density at radius 2 is 1.69 bits per heavy atom. The molecule has 11 heteroatoms. The maximum absolute atomic E-state index is 13.6. The molecule has 7 nitrogen and oxygen atoms in total. The average molecular weight is 563 g/mol. The van der Waals surface area contributed by atoms with E-state index >= 15 is 0 Å². The quantitative estimate of drug-likeness (QED) is 0.388. The van der Waals surface area contributed by atoms with Crippen LogP contribution in [0.1, 0.15) is 37.8 Å². The lowest BCUT2D eigenvalue weighted by Gasteiger charge is -2.33. The number of halogens is 3. The monoisotopic (exact) mass is 561 g/mol. The summed E-state index contributed by atoms with van der Waals surface area (Å²) in [6, 6.07) is 9.40. The summed E-state index contributed by atoms with van der Waals surface area (Å²) in [6.45, 7) is 5.69. The number of sulfonamides is 1. The maximum Gasteiger partial charge on any atom is 0.244 e. The third kappa shape index (κ3) is 8.00. The van der Waals surface area contributed by atoms with Gasteiger partial charge in [-0.1, -0.05) is 78.5 Å². The smallest absolute Gasteiger partial charge is 0.244 e. The topological polar surface area (TPSA) is 86.8 Å². The molecule has 0 radical (unpaired) electrons. The minimum atomic E-state index is -3.95. The zero-order valence-electron chi connectivity index (χ0n) is 20.1. The van der Waals surface area contributed by atoms with Crippen molar-refractivity contribution in [1.82, 2.24) is 10.2 Å². The highest BCUT2D eigenvalue weighted by Crippen LogP contribution is 2.35. The Bertz CT molecular complexity index is 1170. The lowest BCUT2D eigenvalue weighted by molar-refractivity contribution is -0.140. The normalized spacial score (nSPS) is 12.2. The zero-order valence-corrected chi connectivity index (χ0v) is 23.2. The zero-order chi connectivity index (χ0) is 26.3. The van der Waals surface area contributed by atoms with Crippen molar-refractivity contribution in [2.24, 2.45) is 0 Å². The molecule has 0 saturated heterocycles. The molecule has 0 aliphatic heterocycles. The largest absolute Gasteiger partial charge is 0.354 e. The molecule has 1 N–H and O–H groups in total. The molecular weight excluding hydrogens is 533 g/mol. The van der Waals surface area contributed by atoms with E-state index in [1.165, 1.54) is 17.0 Å². The van der Waals surface area contributed by atoms with E-state index < -0.39 is 28.5 Å². The van der Waals surface area contributed by atoms with Gasteiger partial charge >= 0.3 is 0 Å². The van der Waals surface area contributed by atoms with Gasteiger partial charge in [-0.3, -0.25) is 13.9 Å².